The molecule has 102 valence electrons. The van der Waals surface area contributed by atoms with E-state index in [0.29, 0.717) is 13.1 Å². The number of urea groups is 1. The molecule has 2 atom stereocenters. The molecule has 1 fully saturated rings. The fraction of sp³-hybridized carbons (Fsp3) is 0.727. The Morgan fingerprint density at radius 3 is 2.83 bits per heavy atom. The average molecular weight is 257 g/mol. The Kier molecular flexibility index (Phi) is 4.94. The summed E-state index contributed by atoms with van der Waals surface area (Å²) in [5.74, 6) is -1.51. The number of nitrogens with one attached hydrogen (secondary N) is 2. The topological polar surface area (TPSA) is 98.7 Å². The standard InChI is InChI=1S/C11H19N3O4/c1-3-7(2)13-11(18)14-5-4-12-10(17)8(14)6-9(15)16/h7-8H,3-6H2,1-2H3,(H,12,17)(H,13,18)(H,15,16). The molecule has 3 N–H and O–H groups in total. The van der Waals surface area contributed by atoms with Gasteiger partial charge in [0.15, 0.2) is 0 Å². The first-order chi connectivity index (χ1) is 8.45. The average Bonchev–Trinajstić information content (AvgIpc) is 2.30. The van der Waals surface area contributed by atoms with Crippen molar-refractivity contribution in [1.29, 1.82) is 0 Å². The zero-order valence-corrected chi connectivity index (χ0v) is 10.6. The molecule has 18 heavy (non-hydrogen) atoms. The minimum atomic E-state index is -1.10. The van der Waals surface area contributed by atoms with Crippen LogP contribution < -0.4 is 10.6 Å². The molecule has 0 spiro atoms. The summed E-state index contributed by atoms with van der Waals surface area (Å²) in [6.07, 6.45) is 0.398. The lowest BCUT2D eigenvalue weighted by Crippen LogP contribution is -2.60. The van der Waals surface area contributed by atoms with Crippen LogP contribution in [-0.4, -0.2) is 53.1 Å². The summed E-state index contributed by atoms with van der Waals surface area (Å²) in [6, 6.07) is -1.32. The maximum Gasteiger partial charge on any atom is 0.318 e. The summed E-state index contributed by atoms with van der Waals surface area (Å²) >= 11 is 0. The van der Waals surface area contributed by atoms with E-state index in [4.69, 9.17) is 5.11 Å². The van der Waals surface area contributed by atoms with Crippen molar-refractivity contribution in [2.75, 3.05) is 13.1 Å². The fourth-order valence-corrected chi connectivity index (χ4v) is 1.72. The minimum absolute atomic E-state index is 0.00651. The van der Waals surface area contributed by atoms with Crippen molar-refractivity contribution in [3.63, 3.8) is 0 Å². The van der Waals surface area contributed by atoms with Crippen LogP contribution in [0.15, 0.2) is 0 Å². The molecule has 0 aliphatic carbocycles. The Labute approximate surface area is 106 Å². The summed E-state index contributed by atoms with van der Waals surface area (Å²) in [4.78, 5) is 35.6. The zero-order valence-electron chi connectivity index (χ0n) is 10.6. The third-order valence-electron chi connectivity index (χ3n) is 2.94. The quantitative estimate of drug-likeness (QED) is 0.647. The number of amides is 3. The predicted molar refractivity (Wildman–Crippen MR) is 64.0 cm³/mol. The molecule has 7 nitrogen and oxygen atoms in total. The van der Waals surface area contributed by atoms with Crippen LogP contribution in [0, 0.1) is 0 Å². The minimum Gasteiger partial charge on any atom is -0.481 e. The largest absolute Gasteiger partial charge is 0.481 e. The van der Waals surface area contributed by atoms with Crippen LogP contribution in [0.1, 0.15) is 26.7 Å². The molecular weight excluding hydrogens is 238 g/mol. The summed E-state index contributed by atoms with van der Waals surface area (Å²) in [5, 5.41) is 14.1. The number of hydrogen-bond acceptors (Lipinski definition) is 3. The van der Waals surface area contributed by atoms with Crippen molar-refractivity contribution >= 4 is 17.9 Å². The van der Waals surface area contributed by atoms with Gasteiger partial charge in [-0.05, 0) is 13.3 Å². The highest BCUT2D eigenvalue weighted by Gasteiger charge is 2.34. The van der Waals surface area contributed by atoms with Crippen molar-refractivity contribution in [2.45, 2.75) is 38.8 Å². The van der Waals surface area contributed by atoms with Crippen LogP contribution in [0.5, 0.6) is 0 Å². The van der Waals surface area contributed by atoms with Crippen molar-refractivity contribution in [3.05, 3.63) is 0 Å². The number of aliphatic carboxylic acids is 1. The summed E-state index contributed by atoms with van der Waals surface area (Å²) in [5.41, 5.74) is 0. The lowest BCUT2D eigenvalue weighted by molar-refractivity contribution is -0.142. The monoisotopic (exact) mass is 257 g/mol. The molecule has 1 saturated heterocycles. The third-order valence-corrected chi connectivity index (χ3v) is 2.94. The molecule has 1 aliphatic heterocycles. The maximum atomic E-state index is 11.9. The molecule has 0 aromatic carbocycles. The number of carboxylic acids is 1. The van der Waals surface area contributed by atoms with Crippen LogP contribution in [0.2, 0.25) is 0 Å². The Balaban J connectivity index is 2.72. The van der Waals surface area contributed by atoms with E-state index in [0.717, 1.165) is 6.42 Å². The lowest BCUT2D eigenvalue weighted by atomic mass is 10.1. The van der Waals surface area contributed by atoms with Crippen LogP contribution in [0.3, 0.4) is 0 Å². The van der Waals surface area contributed by atoms with Crippen LogP contribution >= 0.6 is 0 Å². The van der Waals surface area contributed by atoms with Gasteiger partial charge < -0.3 is 20.6 Å². The Bertz CT molecular complexity index is 345. The summed E-state index contributed by atoms with van der Waals surface area (Å²) in [6.45, 7) is 4.46. The molecule has 0 aromatic heterocycles. The number of piperazine rings is 1. The molecule has 0 aromatic rings. The number of carboxylic acid groups (broad SMARTS) is 1. The first kappa shape index (κ1) is 14.3. The van der Waals surface area contributed by atoms with Gasteiger partial charge in [0.05, 0.1) is 6.42 Å². The summed E-state index contributed by atoms with van der Waals surface area (Å²) in [7, 11) is 0. The number of nitrogens with zero attached hydrogens (tertiary/aromatic N) is 1. The fourth-order valence-electron chi connectivity index (χ4n) is 1.72. The van der Waals surface area contributed by atoms with Gasteiger partial charge in [0.1, 0.15) is 6.04 Å². The molecule has 1 aliphatic rings. The molecule has 0 bridgehead atoms. The van der Waals surface area contributed by atoms with Gasteiger partial charge in [-0.2, -0.15) is 0 Å². The van der Waals surface area contributed by atoms with Crippen LogP contribution in [-0.2, 0) is 9.59 Å². The van der Waals surface area contributed by atoms with Crippen molar-refractivity contribution in [3.8, 4) is 0 Å². The SMILES string of the molecule is CCC(C)NC(=O)N1CCNC(=O)C1CC(=O)O. The van der Waals surface area contributed by atoms with Gasteiger partial charge in [0, 0.05) is 19.1 Å². The van der Waals surface area contributed by atoms with Crippen molar-refractivity contribution in [1.82, 2.24) is 15.5 Å². The number of hydrogen-bond donors (Lipinski definition) is 3. The van der Waals surface area contributed by atoms with Gasteiger partial charge in [-0.3, -0.25) is 9.59 Å². The molecule has 1 rings (SSSR count). The van der Waals surface area contributed by atoms with E-state index in [1.165, 1.54) is 4.90 Å². The smallest absolute Gasteiger partial charge is 0.318 e. The Morgan fingerprint density at radius 1 is 1.61 bits per heavy atom. The maximum absolute atomic E-state index is 11.9. The van der Waals surface area contributed by atoms with Crippen LogP contribution in [0.4, 0.5) is 4.79 Å². The van der Waals surface area contributed by atoms with Crippen molar-refractivity contribution in [2.24, 2.45) is 0 Å². The van der Waals surface area contributed by atoms with E-state index in [9.17, 15) is 14.4 Å². The highest BCUT2D eigenvalue weighted by molar-refractivity contribution is 5.91. The molecule has 2 unspecified atom stereocenters. The highest BCUT2D eigenvalue weighted by Crippen LogP contribution is 2.09. The Morgan fingerprint density at radius 2 is 2.28 bits per heavy atom. The van der Waals surface area contributed by atoms with Crippen molar-refractivity contribution < 1.29 is 19.5 Å². The van der Waals surface area contributed by atoms with E-state index in [1.807, 2.05) is 13.8 Å². The second-order valence-electron chi connectivity index (χ2n) is 4.36. The zero-order chi connectivity index (χ0) is 13.7. The van der Waals surface area contributed by atoms with Gasteiger partial charge in [0.2, 0.25) is 5.91 Å². The molecule has 0 radical (unpaired) electrons. The molecule has 1 heterocycles. The third kappa shape index (κ3) is 3.61. The van der Waals surface area contributed by atoms with E-state index in [2.05, 4.69) is 10.6 Å². The van der Waals surface area contributed by atoms with E-state index in [1.54, 1.807) is 0 Å². The van der Waals surface area contributed by atoms with E-state index < -0.39 is 17.9 Å². The van der Waals surface area contributed by atoms with Gasteiger partial charge in [-0.25, -0.2) is 4.79 Å². The number of rotatable bonds is 4. The lowest BCUT2D eigenvalue weighted by Gasteiger charge is -2.34. The molecule has 7 heteroatoms. The van der Waals surface area contributed by atoms with Gasteiger partial charge in [0.25, 0.3) is 0 Å². The predicted octanol–water partition coefficient (Wildman–Crippen LogP) is -0.230. The van der Waals surface area contributed by atoms with E-state index >= 15 is 0 Å². The van der Waals surface area contributed by atoms with Gasteiger partial charge in [-0.15, -0.1) is 0 Å². The molecule has 3 amide bonds. The van der Waals surface area contributed by atoms with Crippen LogP contribution in [0.25, 0.3) is 0 Å². The normalized spacial score (nSPS) is 21.1. The first-order valence-corrected chi connectivity index (χ1v) is 6.02. The highest BCUT2D eigenvalue weighted by atomic mass is 16.4. The summed E-state index contributed by atoms with van der Waals surface area (Å²) < 4.78 is 0. The number of carbonyl (C=O) groups excluding carboxylic acids is 2. The van der Waals surface area contributed by atoms with Gasteiger partial charge in [-0.1, -0.05) is 6.92 Å². The molecular formula is C11H19N3O4. The van der Waals surface area contributed by atoms with E-state index in [-0.39, 0.29) is 18.5 Å². The second kappa shape index (κ2) is 6.23. The first-order valence-electron chi connectivity index (χ1n) is 6.02. The Hall–Kier alpha value is -1.79. The second-order valence-corrected chi connectivity index (χ2v) is 4.36. The number of carbonyl (C=O) groups is 3. The molecule has 0 saturated carbocycles. The van der Waals surface area contributed by atoms with Gasteiger partial charge >= 0.3 is 12.0 Å².